The van der Waals surface area contributed by atoms with E-state index in [0.29, 0.717) is 37.2 Å². The monoisotopic (exact) mass is 406 g/mol. The average molecular weight is 407 g/mol. The van der Waals surface area contributed by atoms with Crippen LogP contribution in [0.1, 0.15) is 59.9 Å². The molecule has 0 unspecified atom stereocenters. The van der Waals surface area contributed by atoms with Gasteiger partial charge >= 0.3 is 0 Å². The Morgan fingerprint density at radius 3 is 2.17 bits per heavy atom. The Hall–Kier alpha value is -2.95. The number of rotatable bonds is 4. The molecular formula is C25H30N2O3. The number of carbonyl (C=O) groups is 3. The zero-order chi connectivity index (χ0) is 21.9. The number of ketones is 1. The summed E-state index contributed by atoms with van der Waals surface area (Å²) in [5.41, 5.74) is 2.53. The fourth-order valence-electron chi connectivity index (χ4n) is 3.53. The van der Waals surface area contributed by atoms with E-state index < -0.39 is 5.41 Å². The summed E-state index contributed by atoms with van der Waals surface area (Å²) in [6.07, 6.45) is 1.33. The molecule has 1 saturated heterocycles. The quantitative estimate of drug-likeness (QED) is 0.748. The Morgan fingerprint density at radius 1 is 0.933 bits per heavy atom. The third kappa shape index (κ3) is 5.15. The highest BCUT2D eigenvalue weighted by atomic mass is 16.2. The van der Waals surface area contributed by atoms with Crippen LogP contribution in [0.5, 0.6) is 0 Å². The van der Waals surface area contributed by atoms with Gasteiger partial charge in [0, 0.05) is 41.2 Å². The van der Waals surface area contributed by atoms with Crippen molar-refractivity contribution in [3.8, 4) is 0 Å². The molecule has 1 aliphatic rings. The maximum atomic E-state index is 12.9. The number of hydrogen-bond donors (Lipinski definition) is 1. The number of likely N-dealkylation sites (tertiary alicyclic amines) is 1. The third-order valence-electron chi connectivity index (χ3n) is 5.54. The minimum absolute atomic E-state index is 0.0471. The van der Waals surface area contributed by atoms with Crippen LogP contribution in [-0.4, -0.2) is 35.6 Å². The van der Waals surface area contributed by atoms with Crippen molar-refractivity contribution in [2.75, 3.05) is 18.4 Å². The topological polar surface area (TPSA) is 66.5 Å². The number of carbonyl (C=O) groups excluding carboxylic acids is 3. The Morgan fingerprint density at radius 2 is 1.57 bits per heavy atom. The first-order chi connectivity index (χ1) is 14.1. The molecule has 1 fully saturated rings. The lowest BCUT2D eigenvalue weighted by molar-refractivity contribution is -0.123. The number of nitrogens with one attached hydrogen (secondary N) is 1. The zero-order valence-electron chi connectivity index (χ0n) is 18.2. The molecule has 158 valence electrons. The first kappa shape index (κ1) is 21.8. The first-order valence-electron chi connectivity index (χ1n) is 10.5. The highest BCUT2D eigenvalue weighted by Crippen LogP contribution is 2.24. The van der Waals surface area contributed by atoms with Gasteiger partial charge in [0.1, 0.15) is 0 Å². The van der Waals surface area contributed by atoms with Crippen molar-refractivity contribution in [1.82, 2.24) is 4.90 Å². The third-order valence-corrected chi connectivity index (χ3v) is 5.54. The number of Topliss-reactive ketones (excluding diaryl/α,β-unsaturated/α-hetero) is 1. The van der Waals surface area contributed by atoms with Gasteiger partial charge in [0.25, 0.3) is 5.91 Å². The number of aryl methyl sites for hydroxylation is 1. The van der Waals surface area contributed by atoms with Crippen molar-refractivity contribution in [2.24, 2.45) is 11.3 Å². The smallest absolute Gasteiger partial charge is 0.253 e. The molecular weight excluding hydrogens is 376 g/mol. The summed E-state index contributed by atoms with van der Waals surface area (Å²) in [7, 11) is 0. The Labute approximate surface area is 178 Å². The molecule has 0 atom stereocenters. The summed E-state index contributed by atoms with van der Waals surface area (Å²) in [5, 5.41) is 2.87. The van der Waals surface area contributed by atoms with Crippen LogP contribution in [0.3, 0.4) is 0 Å². The highest BCUT2D eigenvalue weighted by molar-refractivity contribution is 5.99. The average Bonchev–Trinajstić information content (AvgIpc) is 2.73. The van der Waals surface area contributed by atoms with E-state index in [4.69, 9.17) is 0 Å². The molecule has 3 rings (SSSR count). The van der Waals surface area contributed by atoms with Crippen LogP contribution < -0.4 is 5.32 Å². The lowest BCUT2D eigenvalue weighted by atomic mass is 9.88. The Bertz CT molecular complexity index is 934. The Kier molecular flexibility index (Phi) is 6.40. The van der Waals surface area contributed by atoms with E-state index in [9.17, 15) is 14.4 Å². The minimum atomic E-state index is -0.508. The van der Waals surface area contributed by atoms with E-state index in [1.807, 2.05) is 52.0 Å². The molecule has 30 heavy (non-hydrogen) atoms. The van der Waals surface area contributed by atoms with Crippen molar-refractivity contribution < 1.29 is 14.4 Å². The van der Waals surface area contributed by atoms with E-state index in [0.717, 1.165) is 11.1 Å². The van der Waals surface area contributed by atoms with E-state index in [1.54, 1.807) is 29.2 Å². The van der Waals surface area contributed by atoms with Gasteiger partial charge in [0.15, 0.2) is 5.78 Å². The van der Waals surface area contributed by atoms with Crippen LogP contribution in [0.4, 0.5) is 5.69 Å². The van der Waals surface area contributed by atoms with Gasteiger partial charge in [-0.3, -0.25) is 14.4 Å². The predicted molar refractivity (Wildman–Crippen MR) is 119 cm³/mol. The molecule has 5 nitrogen and oxygen atoms in total. The minimum Gasteiger partial charge on any atom is -0.339 e. The van der Waals surface area contributed by atoms with E-state index in [-0.39, 0.29) is 23.5 Å². The van der Waals surface area contributed by atoms with Crippen LogP contribution in [0, 0.1) is 18.3 Å². The summed E-state index contributed by atoms with van der Waals surface area (Å²) in [5.74, 6) is -0.0474. The normalized spacial score (nSPS) is 15.0. The number of amides is 2. The van der Waals surface area contributed by atoms with Crippen LogP contribution in [0.15, 0.2) is 48.5 Å². The van der Waals surface area contributed by atoms with Gasteiger partial charge in [-0.15, -0.1) is 0 Å². The Balaban J connectivity index is 1.61. The summed E-state index contributed by atoms with van der Waals surface area (Å²) in [4.78, 5) is 39.7. The fraction of sp³-hybridized carbons (Fsp3) is 0.400. The molecule has 5 heteroatoms. The van der Waals surface area contributed by atoms with Crippen molar-refractivity contribution in [2.45, 2.75) is 40.5 Å². The maximum absolute atomic E-state index is 12.9. The largest absolute Gasteiger partial charge is 0.339 e. The second kappa shape index (κ2) is 8.82. The second-order valence-corrected chi connectivity index (χ2v) is 9.08. The second-order valence-electron chi connectivity index (χ2n) is 9.08. The molecule has 1 heterocycles. The molecule has 2 aromatic carbocycles. The van der Waals surface area contributed by atoms with E-state index >= 15 is 0 Å². The van der Waals surface area contributed by atoms with Crippen molar-refractivity contribution in [1.29, 1.82) is 0 Å². The molecule has 0 saturated carbocycles. The van der Waals surface area contributed by atoms with Gasteiger partial charge in [-0.05, 0) is 38.0 Å². The number of piperidine rings is 1. The van der Waals surface area contributed by atoms with Crippen LogP contribution >= 0.6 is 0 Å². The molecule has 2 amide bonds. The van der Waals surface area contributed by atoms with E-state index in [1.165, 1.54) is 0 Å². The van der Waals surface area contributed by atoms with Crippen molar-refractivity contribution in [3.05, 3.63) is 65.2 Å². The lowest BCUT2D eigenvalue weighted by Crippen LogP contribution is -2.40. The van der Waals surface area contributed by atoms with Gasteiger partial charge < -0.3 is 10.2 Å². The first-order valence-corrected chi connectivity index (χ1v) is 10.5. The van der Waals surface area contributed by atoms with Gasteiger partial charge in [-0.1, -0.05) is 56.7 Å². The molecule has 0 bridgehead atoms. The van der Waals surface area contributed by atoms with Gasteiger partial charge in [-0.2, -0.15) is 0 Å². The molecule has 0 aromatic heterocycles. The predicted octanol–water partition coefficient (Wildman–Crippen LogP) is 4.71. The molecule has 1 aliphatic heterocycles. The van der Waals surface area contributed by atoms with Crippen molar-refractivity contribution >= 4 is 23.3 Å². The number of nitrogens with zero attached hydrogens (tertiary/aromatic N) is 1. The van der Waals surface area contributed by atoms with Crippen molar-refractivity contribution in [3.63, 3.8) is 0 Å². The van der Waals surface area contributed by atoms with E-state index in [2.05, 4.69) is 5.32 Å². The summed E-state index contributed by atoms with van der Waals surface area (Å²) in [6.45, 7) is 8.65. The molecule has 0 spiro atoms. The SMILES string of the molecule is Cc1ccc(C(=O)C2CCN(C(=O)c3cccc(NC(=O)C(C)(C)C)c3)CC2)cc1. The molecule has 1 N–H and O–H groups in total. The lowest BCUT2D eigenvalue weighted by Gasteiger charge is -2.31. The highest BCUT2D eigenvalue weighted by Gasteiger charge is 2.28. The van der Waals surface area contributed by atoms with Gasteiger partial charge in [-0.25, -0.2) is 0 Å². The van der Waals surface area contributed by atoms with Crippen LogP contribution in [0.25, 0.3) is 0 Å². The van der Waals surface area contributed by atoms with Gasteiger partial charge in [0.05, 0.1) is 0 Å². The summed E-state index contributed by atoms with van der Waals surface area (Å²) < 4.78 is 0. The maximum Gasteiger partial charge on any atom is 0.253 e. The van der Waals surface area contributed by atoms with Crippen LogP contribution in [0.2, 0.25) is 0 Å². The van der Waals surface area contributed by atoms with Crippen LogP contribution in [-0.2, 0) is 4.79 Å². The molecule has 2 aromatic rings. The van der Waals surface area contributed by atoms with Gasteiger partial charge in [0.2, 0.25) is 5.91 Å². The standard InChI is InChI=1S/C25H30N2O3/c1-17-8-10-18(11-9-17)22(28)19-12-14-27(15-13-19)23(29)20-6-5-7-21(16-20)26-24(30)25(2,3)4/h5-11,16,19H,12-15H2,1-4H3,(H,26,30). The number of anilines is 1. The molecule has 0 radical (unpaired) electrons. The summed E-state index contributed by atoms with van der Waals surface area (Å²) >= 11 is 0. The summed E-state index contributed by atoms with van der Waals surface area (Å²) in [6, 6.07) is 14.7. The fourth-order valence-corrected chi connectivity index (χ4v) is 3.53. The molecule has 0 aliphatic carbocycles. The zero-order valence-corrected chi connectivity index (χ0v) is 18.2. The number of hydrogen-bond acceptors (Lipinski definition) is 3. The number of benzene rings is 2.